The molecule has 0 aliphatic heterocycles. The Balaban J connectivity index is 1.88. The van der Waals surface area contributed by atoms with E-state index in [1.807, 2.05) is 24.3 Å². The van der Waals surface area contributed by atoms with Gasteiger partial charge in [-0.15, -0.1) is 0 Å². The maximum Gasteiger partial charge on any atom is 0.401 e. The largest absolute Gasteiger partial charge is 0.401 e. The van der Waals surface area contributed by atoms with Gasteiger partial charge in [0.1, 0.15) is 0 Å². The lowest BCUT2D eigenvalue weighted by atomic mass is 10.1. The molecule has 0 aromatic heterocycles. The van der Waals surface area contributed by atoms with Gasteiger partial charge >= 0.3 is 6.18 Å². The Morgan fingerprint density at radius 1 is 1.14 bits per heavy atom. The quantitative estimate of drug-likeness (QED) is 0.741. The summed E-state index contributed by atoms with van der Waals surface area (Å²) in [6.45, 7) is 3.53. The Bertz CT molecular complexity index is 424. The molecule has 0 atom stereocenters. The van der Waals surface area contributed by atoms with E-state index in [-0.39, 0.29) is 6.04 Å². The third kappa shape index (κ3) is 6.06. The number of nitrogens with zero attached hydrogens (tertiary/aromatic N) is 1. The van der Waals surface area contributed by atoms with Crippen molar-refractivity contribution in [3.05, 3.63) is 35.4 Å². The van der Waals surface area contributed by atoms with Crippen molar-refractivity contribution in [2.45, 2.75) is 44.9 Å². The molecule has 1 fully saturated rings. The molecule has 1 aliphatic rings. The van der Waals surface area contributed by atoms with Gasteiger partial charge in [-0.05, 0) is 43.5 Å². The Morgan fingerprint density at radius 2 is 1.76 bits per heavy atom. The number of nitrogens with one attached hydrogen (secondary N) is 1. The predicted octanol–water partition coefficient (Wildman–Crippen LogP) is 3.37. The van der Waals surface area contributed by atoms with Crippen molar-refractivity contribution in [1.82, 2.24) is 10.2 Å². The molecule has 0 spiro atoms. The molecule has 1 aromatic carbocycles. The van der Waals surface area contributed by atoms with Gasteiger partial charge in [-0.1, -0.05) is 31.2 Å². The van der Waals surface area contributed by atoms with Crippen LogP contribution in [0.3, 0.4) is 0 Å². The molecule has 1 aliphatic carbocycles. The Hall–Kier alpha value is -1.07. The van der Waals surface area contributed by atoms with Gasteiger partial charge in [-0.3, -0.25) is 4.90 Å². The number of halogens is 3. The highest BCUT2D eigenvalue weighted by Gasteiger charge is 2.37. The van der Waals surface area contributed by atoms with Crippen molar-refractivity contribution in [2.75, 3.05) is 19.6 Å². The van der Waals surface area contributed by atoms with Crippen LogP contribution in [0.25, 0.3) is 0 Å². The van der Waals surface area contributed by atoms with E-state index in [1.165, 1.54) is 5.56 Å². The maximum absolute atomic E-state index is 12.6. The van der Waals surface area contributed by atoms with Gasteiger partial charge in [0, 0.05) is 12.6 Å². The van der Waals surface area contributed by atoms with Crippen LogP contribution < -0.4 is 5.32 Å². The molecule has 0 saturated heterocycles. The van der Waals surface area contributed by atoms with E-state index in [0.717, 1.165) is 37.9 Å². The summed E-state index contributed by atoms with van der Waals surface area (Å²) in [6.07, 6.45) is -1.40. The first kappa shape index (κ1) is 16.3. The van der Waals surface area contributed by atoms with Crippen LogP contribution in [-0.2, 0) is 13.0 Å². The summed E-state index contributed by atoms with van der Waals surface area (Å²) in [7, 11) is 0. The maximum atomic E-state index is 12.6. The highest BCUT2D eigenvalue weighted by molar-refractivity contribution is 5.23. The number of hydrogen-bond acceptors (Lipinski definition) is 2. The number of rotatable bonds is 8. The van der Waals surface area contributed by atoms with E-state index < -0.39 is 12.7 Å². The third-order valence-electron chi connectivity index (χ3n) is 3.69. The average Bonchev–Trinajstić information content (AvgIpc) is 3.23. The molecular weight excluding hydrogens is 277 g/mol. The molecule has 0 radical (unpaired) electrons. The molecule has 1 aromatic rings. The summed E-state index contributed by atoms with van der Waals surface area (Å²) in [4.78, 5) is 1.55. The van der Waals surface area contributed by atoms with E-state index in [2.05, 4.69) is 12.2 Å². The average molecular weight is 300 g/mol. The zero-order chi connectivity index (χ0) is 15.3. The normalized spacial score (nSPS) is 15.7. The summed E-state index contributed by atoms with van der Waals surface area (Å²) in [5.41, 5.74) is 2.17. The van der Waals surface area contributed by atoms with E-state index in [9.17, 15) is 13.2 Å². The van der Waals surface area contributed by atoms with Crippen molar-refractivity contribution in [1.29, 1.82) is 0 Å². The monoisotopic (exact) mass is 300 g/mol. The van der Waals surface area contributed by atoms with Crippen LogP contribution in [0, 0.1) is 0 Å². The fourth-order valence-corrected chi connectivity index (χ4v) is 2.44. The summed E-state index contributed by atoms with van der Waals surface area (Å²) in [5.74, 6) is 0. The second-order valence-corrected chi connectivity index (χ2v) is 5.67. The van der Waals surface area contributed by atoms with Gasteiger partial charge in [0.2, 0.25) is 0 Å². The smallest absolute Gasteiger partial charge is 0.317 e. The topological polar surface area (TPSA) is 15.3 Å². The lowest BCUT2D eigenvalue weighted by Gasteiger charge is -2.23. The molecule has 0 bridgehead atoms. The van der Waals surface area contributed by atoms with E-state index >= 15 is 0 Å². The molecule has 0 heterocycles. The van der Waals surface area contributed by atoms with Crippen LogP contribution in [0.2, 0.25) is 0 Å². The lowest BCUT2D eigenvalue weighted by Crippen LogP contribution is -2.35. The standard InChI is InChI=1S/C16H23F3N2/c1-2-20-10-9-13-3-5-14(6-4-13)11-21(15-7-8-15)12-16(17,18)19/h3-6,15,20H,2,7-12H2,1H3. The van der Waals surface area contributed by atoms with Crippen LogP contribution >= 0.6 is 0 Å². The van der Waals surface area contributed by atoms with Gasteiger partial charge in [0.15, 0.2) is 0 Å². The highest BCUT2D eigenvalue weighted by Crippen LogP contribution is 2.31. The van der Waals surface area contributed by atoms with E-state index in [1.54, 1.807) is 4.90 Å². The Kier molecular flexibility index (Phi) is 5.65. The zero-order valence-electron chi connectivity index (χ0n) is 12.4. The van der Waals surface area contributed by atoms with Gasteiger partial charge in [0.05, 0.1) is 6.54 Å². The minimum atomic E-state index is -4.12. The first-order valence-corrected chi connectivity index (χ1v) is 7.57. The van der Waals surface area contributed by atoms with Gasteiger partial charge in [0.25, 0.3) is 0 Å². The SMILES string of the molecule is CCNCCc1ccc(CN(CC(F)(F)F)C2CC2)cc1. The first-order chi connectivity index (χ1) is 9.98. The second kappa shape index (κ2) is 7.27. The summed E-state index contributed by atoms with van der Waals surface area (Å²) in [5, 5.41) is 3.26. The van der Waals surface area contributed by atoms with Crippen LogP contribution in [0.1, 0.15) is 30.9 Å². The fourth-order valence-electron chi connectivity index (χ4n) is 2.44. The summed E-state index contributed by atoms with van der Waals surface area (Å²) < 4.78 is 37.8. The summed E-state index contributed by atoms with van der Waals surface area (Å²) in [6, 6.07) is 8.05. The van der Waals surface area contributed by atoms with Gasteiger partial charge < -0.3 is 5.32 Å². The van der Waals surface area contributed by atoms with Crippen LogP contribution in [-0.4, -0.2) is 36.8 Å². The Morgan fingerprint density at radius 3 is 2.29 bits per heavy atom. The second-order valence-electron chi connectivity index (χ2n) is 5.67. The van der Waals surface area contributed by atoms with Crippen molar-refractivity contribution in [3.63, 3.8) is 0 Å². The number of alkyl halides is 3. The molecule has 5 heteroatoms. The predicted molar refractivity (Wildman–Crippen MR) is 78.2 cm³/mol. The third-order valence-corrected chi connectivity index (χ3v) is 3.69. The minimum absolute atomic E-state index is 0.111. The summed E-state index contributed by atoms with van der Waals surface area (Å²) >= 11 is 0. The highest BCUT2D eigenvalue weighted by atomic mass is 19.4. The number of likely N-dealkylation sites (N-methyl/N-ethyl adjacent to an activating group) is 1. The molecule has 1 saturated carbocycles. The molecule has 21 heavy (non-hydrogen) atoms. The lowest BCUT2D eigenvalue weighted by molar-refractivity contribution is -0.148. The van der Waals surface area contributed by atoms with Crippen molar-refractivity contribution >= 4 is 0 Å². The minimum Gasteiger partial charge on any atom is -0.317 e. The van der Waals surface area contributed by atoms with Crippen LogP contribution in [0.5, 0.6) is 0 Å². The Labute approximate surface area is 124 Å². The van der Waals surface area contributed by atoms with Crippen LogP contribution in [0.15, 0.2) is 24.3 Å². The molecule has 0 unspecified atom stereocenters. The molecule has 1 N–H and O–H groups in total. The van der Waals surface area contributed by atoms with Crippen molar-refractivity contribution in [3.8, 4) is 0 Å². The van der Waals surface area contributed by atoms with E-state index in [0.29, 0.717) is 6.54 Å². The molecule has 2 nitrogen and oxygen atoms in total. The number of hydrogen-bond donors (Lipinski definition) is 1. The van der Waals surface area contributed by atoms with E-state index in [4.69, 9.17) is 0 Å². The molecular formula is C16H23F3N2. The zero-order valence-corrected chi connectivity index (χ0v) is 12.4. The first-order valence-electron chi connectivity index (χ1n) is 7.57. The van der Waals surface area contributed by atoms with Gasteiger partial charge in [-0.25, -0.2) is 0 Å². The fraction of sp³-hybridized carbons (Fsp3) is 0.625. The molecule has 118 valence electrons. The van der Waals surface area contributed by atoms with Crippen molar-refractivity contribution in [2.24, 2.45) is 0 Å². The van der Waals surface area contributed by atoms with Crippen LogP contribution in [0.4, 0.5) is 13.2 Å². The van der Waals surface area contributed by atoms with Gasteiger partial charge in [-0.2, -0.15) is 13.2 Å². The number of benzene rings is 1. The molecule has 0 amide bonds. The van der Waals surface area contributed by atoms with Crippen molar-refractivity contribution < 1.29 is 13.2 Å². The molecule has 2 rings (SSSR count).